The zero-order chi connectivity index (χ0) is 17.9. The van der Waals surface area contributed by atoms with Gasteiger partial charge in [-0.1, -0.05) is 18.2 Å². The number of hydrogen-bond acceptors (Lipinski definition) is 4. The number of aliphatic imine (C=N–C) groups is 1. The first kappa shape index (κ1) is 17.1. The normalized spacial score (nSPS) is 41.9. The summed E-state index contributed by atoms with van der Waals surface area (Å²) in [6, 6.07) is 0.428. The molecule has 2 heterocycles. The highest BCUT2D eigenvalue weighted by atomic mass is 32.2. The van der Waals surface area contributed by atoms with Crippen molar-refractivity contribution < 1.29 is 9.59 Å². The van der Waals surface area contributed by atoms with Gasteiger partial charge in [0.1, 0.15) is 4.75 Å². The van der Waals surface area contributed by atoms with Crippen molar-refractivity contribution >= 4 is 28.7 Å². The Labute approximate surface area is 159 Å². The molecule has 0 aromatic rings. The molecular weight excluding hydrogens is 346 g/mol. The average Bonchev–Trinajstić information content (AvgIpc) is 3.18. The second-order valence-electron chi connectivity index (χ2n) is 9.21. The number of fused-ring (bicyclic) bond motifs is 2. The highest BCUT2D eigenvalue weighted by molar-refractivity contribution is 8.16. The smallest absolute Gasteiger partial charge is 0.242 e. The molecule has 2 saturated heterocycles. The Balaban J connectivity index is 1.23. The van der Waals surface area contributed by atoms with Crippen molar-refractivity contribution in [3.8, 4) is 0 Å². The van der Waals surface area contributed by atoms with Crippen LogP contribution in [0.3, 0.4) is 0 Å². The lowest BCUT2D eigenvalue weighted by atomic mass is 9.84. The van der Waals surface area contributed by atoms with Gasteiger partial charge in [0, 0.05) is 19.0 Å². The van der Waals surface area contributed by atoms with Gasteiger partial charge in [-0.3, -0.25) is 14.6 Å². The number of hydrogen-bond donors (Lipinski definition) is 1. The molecule has 4 atom stereocenters. The molecule has 5 aliphatic rings. The quantitative estimate of drug-likeness (QED) is 0.825. The first-order chi connectivity index (χ1) is 12.5. The monoisotopic (exact) mass is 375 g/mol. The third-order valence-electron chi connectivity index (χ3n) is 7.48. The van der Waals surface area contributed by atoms with Crippen LogP contribution in [0.2, 0.25) is 0 Å². The predicted octanol–water partition coefficient (Wildman–Crippen LogP) is 2.80. The third kappa shape index (κ3) is 2.88. The molecule has 5 nitrogen and oxygen atoms in total. The van der Waals surface area contributed by atoms with Crippen molar-refractivity contribution in [3.63, 3.8) is 0 Å². The van der Waals surface area contributed by atoms with Gasteiger partial charge in [-0.2, -0.15) is 0 Å². The first-order valence-corrected chi connectivity index (χ1v) is 11.2. The summed E-state index contributed by atoms with van der Waals surface area (Å²) >= 11 is 1.66. The van der Waals surface area contributed by atoms with Gasteiger partial charge in [-0.15, -0.1) is 0 Å². The molecular formula is C20H29N3O2S. The van der Waals surface area contributed by atoms with Gasteiger partial charge < -0.3 is 10.2 Å². The van der Waals surface area contributed by atoms with Crippen molar-refractivity contribution in [2.75, 3.05) is 13.1 Å². The summed E-state index contributed by atoms with van der Waals surface area (Å²) in [5.41, 5.74) is 0. The number of amidine groups is 1. The molecule has 5 rings (SSSR count). The average molecular weight is 376 g/mol. The van der Waals surface area contributed by atoms with E-state index >= 15 is 0 Å². The number of piperidine rings is 1. The van der Waals surface area contributed by atoms with Crippen LogP contribution in [0, 0.1) is 23.7 Å². The van der Waals surface area contributed by atoms with Crippen molar-refractivity contribution in [1.82, 2.24) is 10.2 Å². The van der Waals surface area contributed by atoms with E-state index in [1.165, 1.54) is 25.7 Å². The van der Waals surface area contributed by atoms with Crippen molar-refractivity contribution in [3.05, 3.63) is 0 Å². The van der Waals surface area contributed by atoms with Gasteiger partial charge in [0.2, 0.25) is 11.8 Å². The van der Waals surface area contributed by atoms with E-state index < -0.39 is 4.75 Å². The maximum atomic E-state index is 12.8. The Kier molecular flexibility index (Phi) is 4.11. The molecule has 1 N–H and O–H groups in total. The maximum absolute atomic E-state index is 12.8. The van der Waals surface area contributed by atoms with E-state index in [0.29, 0.717) is 23.8 Å². The molecule has 0 radical (unpaired) electrons. The van der Waals surface area contributed by atoms with Crippen LogP contribution < -0.4 is 5.32 Å². The summed E-state index contributed by atoms with van der Waals surface area (Å²) < 4.78 is -0.425. The zero-order valence-electron chi connectivity index (χ0n) is 15.6. The minimum atomic E-state index is -0.425. The zero-order valence-corrected chi connectivity index (χ0v) is 16.4. The number of rotatable bonds is 3. The standard InChI is InChI=1S/C20H29N3O2S/c1-20(15-6-8-23(9-7-15)17(24)13-4-5-13)18(25)22-19(26-20)21-16-11-12-2-3-14(16)10-12/h12-16H,2-11H2,1H3,(H,21,22,25)/t12-,14-,16-,20?/m0/s1. The van der Waals surface area contributed by atoms with Gasteiger partial charge in [0.05, 0.1) is 6.04 Å². The molecule has 0 spiro atoms. The largest absolute Gasteiger partial charge is 0.342 e. The third-order valence-corrected chi connectivity index (χ3v) is 8.82. The molecule has 3 aliphatic carbocycles. The topological polar surface area (TPSA) is 61.8 Å². The highest BCUT2D eigenvalue weighted by Crippen LogP contribution is 2.48. The molecule has 0 aromatic heterocycles. The molecule has 6 heteroatoms. The summed E-state index contributed by atoms with van der Waals surface area (Å²) in [5.74, 6) is 2.70. The highest BCUT2D eigenvalue weighted by Gasteiger charge is 2.50. The Morgan fingerprint density at radius 1 is 1.15 bits per heavy atom. The van der Waals surface area contributed by atoms with E-state index in [1.54, 1.807) is 11.8 Å². The van der Waals surface area contributed by atoms with E-state index in [-0.39, 0.29) is 5.91 Å². The molecule has 0 aromatic carbocycles. The van der Waals surface area contributed by atoms with E-state index in [9.17, 15) is 9.59 Å². The van der Waals surface area contributed by atoms with E-state index in [2.05, 4.69) is 12.2 Å². The minimum absolute atomic E-state index is 0.122. The number of carbonyl (C=O) groups is 2. The fourth-order valence-electron chi connectivity index (χ4n) is 5.58. The van der Waals surface area contributed by atoms with Crippen LogP contribution in [0.25, 0.3) is 0 Å². The Hall–Kier alpha value is -1.04. The number of nitrogens with zero attached hydrogens (tertiary/aromatic N) is 2. The molecule has 2 amide bonds. The Morgan fingerprint density at radius 2 is 1.92 bits per heavy atom. The number of nitrogens with one attached hydrogen (secondary N) is 1. The molecule has 142 valence electrons. The maximum Gasteiger partial charge on any atom is 0.242 e. The lowest BCUT2D eigenvalue weighted by molar-refractivity contribution is -0.134. The first-order valence-electron chi connectivity index (χ1n) is 10.4. The number of carbonyl (C=O) groups excluding carboxylic acids is 2. The lowest BCUT2D eigenvalue weighted by Gasteiger charge is -2.38. The second kappa shape index (κ2) is 6.25. The molecule has 5 fully saturated rings. The van der Waals surface area contributed by atoms with Gasteiger partial charge >= 0.3 is 0 Å². The van der Waals surface area contributed by atoms with Crippen molar-refractivity contribution in [1.29, 1.82) is 0 Å². The van der Waals surface area contributed by atoms with Crippen LogP contribution in [0.4, 0.5) is 0 Å². The number of amides is 2. The van der Waals surface area contributed by atoms with Gasteiger partial charge in [0.25, 0.3) is 0 Å². The molecule has 3 saturated carbocycles. The van der Waals surface area contributed by atoms with E-state index in [0.717, 1.165) is 55.8 Å². The summed E-state index contributed by atoms with van der Waals surface area (Å²) in [4.78, 5) is 32.0. The predicted molar refractivity (Wildman–Crippen MR) is 103 cm³/mol. The van der Waals surface area contributed by atoms with Crippen LogP contribution in [0.15, 0.2) is 4.99 Å². The second-order valence-corrected chi connectivity index (χ2v) is 10.7. The summed E-state index contributed by atoms with van der Waals surface area (Å²) in [6.07, 6.45) is 9.23. The van der Waals surface area contributed by atoms with Crippen LogP contribution >= 0.6 is 11.8 Å². The van der Waals surface area contributed by atoms with E-state index in [1.807, 2.05) is 4.90 Å². The van der Waals surface area contributed by atoms with E-state index in [4.69, 9.17) is 4.99 Å². The molecule has 26 heavy (non-hydrogen) atoms. The van der Waals surface area contributed by atoms with Crippen molar-refractivity contribution in [2.45, 2.75) is 69.1 Å². The molecule has 2 aliphatic heterocycles. The Morgan fingerprint density at radius 3 is 2.54 bits per heavy atom. The van der Waals surface area contributed by atoms with Gasteiger partial charge in [-0.05, 0) is 69.6 Å². The summed E-state index contributed by atoms with van der Waals surface area (Å²) in [7, 11) is 0. The Bertz CT molecular complexity index is 653. The van der Waals surface area contributed by atoms with Gasteiger partial charge in [-0.25, -0.2) is 0 Å². The summed E-state index contributed by atoms with van der Waals surface area (Å²) in [5, 5.41) is 3.94. The van der Waals surface area contributed by atoms with Crippen LogP contribution in [-0.4, -0.2) is 45.8 Å². The molecule has 2 bridgehead atoms. The summed E-state index contributed by atoms with van der Waals surface area (Å²) in [6.45, 7) is 3.70. The van der Waals surface area contributed by atoms with Crippen molar-refractivity contribution in [2.24, 2.45) is 28.7 Å². The van der Waals surface area contributed by atoms with Crippen LogP contribution in [0.1, 0.15) is 58.3 Å². The molecule has 1 unspecified atom stereocenters. The van der Waals surface area contributed by atoms with Crippen LogP contribution in [0.5, 0.6) is 0 Å². The van der Waals surface area contributed by atoms with Crippen LogP contribution in [-0.2, 0) is 9.59 Å². The lowest BCUT2D eigenvalue weighted by Crippen LogP contribution is -2.47. The number of likely N-dealkylation sites (tertiary alicyclic amines) is 1. The minimum Gasteiger partial charge on any atom is -0.342 e. The SMILES string of the molecule is CC1(C2CCN(C(=O)C3CC3)CC2)SC(=N[C@H]2C[C@H]3CC[C@H]2C3)NC1=O. The fourth-order valence-corrected chi connectivity index (χ4v) is 6.86. The van der Waals surface area contributed by atoms with Gasteiger partial charge in [0.15, 0.2) is 5.17 Å². The fraction of sp³-hybridized carbons (Fsp3) is 0.850. The number of thioether (sulfide) groups is 1.